The van der Waals surface area contributed by atoms with Crippen molar-refractivity contribution in [3.05, 3.63) is 169 Å². The van der Waals surface area contributed by atoms with Gasteiger partial charge in [0.25, 0.3) is 0 Å². The van der Waals surface area contributed by atoms with Gasteiger partial charge >= 0.3 is 0 Å². The van der Waals surface area contributed by atoms with E-state index in [0.29, 0.717) is 17.5 Å². The SMILES string of the molecule is c1ccc(-c2nc(-c3ccccc3)nc(-c3ccc4oc5cc6c(cc5c4c3)Cc3c-6cccc3-n3c4ccccc4c4ccccc43)n2)cc1. The smallest absolute Gasteiger partial charge is 0.164 e. The van der Waals surface area contributed by atoms with Crippen LogP contribution in [0.15, 0.2) is 162 Å². The van der Waals surface area contributed by atoms with Gasteiger partial charge in [-0.25, -0.2) is 15.0 Å². The van der Waals surface area contributed by atoms with E-state index in [1.54, 1.807) is 0 Å². The van der Waals surface area contributed by atoms with Crippen molar-refractivity contribution < 1.29 is 4.42 Å². The van der Waals surface area contributed by atoms with Crippen LogP contribution in [0.3, 0.4) is 0 Å². The maximum Gasteiger partial charge on any atom is 0.164 e. The molecule has 5 nitrogen and oxygen atoms in total. The number of fused-ring (bicyclic) bond motifs is 9. The van der Waals surface area contributed by atoms with E-state index in [1.807, 2.05) is 72.8 Å². The minimum absolute atomic E-state index is 0.628. The van der Waals surface area contributed by atoms with Crippen molar-refractivity contribution in [3.63, 3.8) is 0 Å². The Labute approximate surface area is 293 Å². The van der Waals surface area contributed by atoms with Gasteiger partial charge in [0.1, 0.15) is 11.2 Å². The Morgan fingerprint density at radius 1 is 0.431 bits per heavy atom. The second-order valence-electron chi connectivity index (χ2n) is 13.2. The van der Waals surface area contributed by atoms with E-state index in [4.69, 9.17) is 19.4 Å². The molecule has 0 aliphatic heterocycles. The fourth-order valence-corrected chi connectivity index (χ4v) is 7.94. The molecule has 3 heterocycles. The Bertz CT molecular complexity index is 2880. The highest BCUT2D eigenvalue weighted by atomic mass is 16.3. The summed E-state index contributed by atoms with van der Waals surface area (Å²) >= 11 is 0. The van der Waals surface area contributed by atoms with Gasteiger partial charge in [-0.2, -0.15) is 0 Å². The Kier molecular flexibility index (Phi) is 5.95. The van der Waals surface area contributed by atoms with Gasteiger partial charge < -0.3 is 8.98 Å². The number of furan rings is 1. The summed E-state index contributed by atoms with van der Waals surface area (Å²) in [6.45, 7) is 0. The lowest BCUT2D eigenvalue weighted by atomic mass is 10.0. The number of hydrogen-bond donors (Lipinski definition) is 0. The molecule has 0 saturated carbocycles. The third-order valence-corrected chi connectivity index (χ3v) is 10.3. The molecule has 0 N–H and O–H groups in total. The predicted octanol–water partition coefficient (Wildman–Crippen LogP) is 11.4. The summed E-state index contributed by atoms with van der Waals surface area (Å²) in [5.41, 5.74) is 13.3. The van der Waals surface area contributed by atoms with Gasteiger partial charge in [-0.15, -0.1) is 0 Å². The lowest BCUT2D eigenvalue weighted by Gasteiger charge is -2.13. The van der Waals surface area contributed by atoms with Crippen molar-refractivity contribution in [2.45, 2.75) is 6.42 Å². The minimum Gasteiger partial charge on any atom is -0.456 e. The van der Waals surface area contributed by atoms with Crippen molar-refractivity contribution in [1.29, 1.82) is 0 Å². The van der Waals surface area contributed by atoms with Crippen LogP contribution in [0.25, 0.3) is 94.7 Å². The Balaban J connectivity index is 1.05. The number of para-hydroxylation sites is 2. The first-order chi connectivity index (χ1) is 25.3. The summed E-state index contributed by atoms with van der Waals surface area (Å²) in [5, 5.41) is 4.68. The molecule has 0 amide bonds. The number of benzene rings is 7. The van der Waals surface area contributed by atoms with Crippen molar-refractivity contribution in [1.82, 2.24) is 19.5 Å². The van der Waals surface area contributed by atoms with E-state index in [2.05, 4.69) is 89.5 Å². The first-order valence-electron chi connectivity index (χ1n) is 17.2. The summed E-state index contributed by atoms with van der Waals surface area (Å²) in [5.74, 6) is 1.92. The molecule has 0 radical (unpaired) electrons. The summed E-state index contributed by atoms with van der Waals surface area (Å²) in [7, 11) is 0. The van der Waals surface area contributed by atoms with E-state index in [1.165, 1.54) is 49.7 Å². The van der Waals surface area contributed by atoms with Crippen LogP contribution in [0.1, 0.15) is 11.1 Å². The van der Waals surface area contributed by atoms with Gasteiger partial charge in [0.05, 0.1) is 16.7 Å². The molecule has 0 spiro atoms. The molecule has 0 bridgehead atoms. The molecule has 0 saturated heterocycles. The molecule has 10 aromatic rings. The maximum absolute atomic E-state index is 6.53. The average Bonchev–Trinajstić information content (AvgIpc) is 3.86. The standard InChI is InChI=1S/C46H28N4O/c1-3-12-28(13-4-1)44-47-45(29-14-5-2-6-15-29)49-46(48-44)30-22-23-42-37(24-30)38-26-31-25-36-32(35(31)27-43(38)51-42)18-11-21-41(36)50-39-19-9-7-16-33(39)34-17-8-10-20-40(34)50/h1-24,26-27H,25H2. The van der Waals surface area contributed by atoms with Crippen LogP contribution in [0.2, 0.25) is 0 Å². The zero-order valence-electron chi connectivity index (χ0n) is 27.4. The van der Waals surface area contributed by atoms with E-state index in [0.717, 1.165) is 45.0 Å². The van der Waals surface area contributed by atoms with E-state index in [-0.39, 0.29) is 0 Å². The van der Waals surface area contributed by atoms with Crippen molar-refractivity contribution in [3.8, 4) is 51.0 Å². The number of hydrogen-bond acceptors (Lipinski definition) is 4. The quantitative estimate of drug-likeness (QED) is 0.190. The first-order valence-corrected chi connectivity index (χ1v) is 17.2. The van der Waals surface area contributed by atoms with E-state index >= 15 is 0 Å². The fourth-order valence-electron chi connectivity index (χ4n) is 7.94. The summed E-state index contributed by atoms with van der Waals surface area (Å²) in [6, 6.07) is 55.1. The summed E-state index contributed by atoms with van der Waals surface area (Å²) < 4.78 is 8.96. The molecular formula is C46H28N4O. The zero-order chi connectivity index (χ0) is 33.5. The number of rotatable bonds is 4. The van der Waals surface area contributed by atoms with Crippen LogP contribution in [0, 0.1) is 0 Å². The molecule has 1 aliphatic carbocycles. The lowest BCUT2D eigenvalue weighted by Crippen LogP contribution is -2.00. The predicted molar refractivity (Wildman–Crippen MR) is 206 cm³/mol. The first kappa shape index (κ1) is 28.0. The molecule has 0 unspecified atom stereocenters. The van der Waals surface area contributed by atoms with E-state index in [9.17, 15) is 0 Å². The average molecular weight is 653 g/mol. The normalized spacial score (nSPS) is 12.2. The molecule has 0 atom stereocenters. The Morgan fingerprint density at radius 3 is 1.69 bits per heavy atom. The maximum atomic E-state index is 6.53. The second kappa shape index (κ2) is 10.8. The molecule has 0 fully saturated rings. The van der Waals surface area contributed by atoms with Crippen LogP contribution in [0.4, 0.5) is 0 Å². The lowest BCUT2D eigenvalue weighted by molar-refractivity contribution is 0.669. The molecule has 5 heteroatoms. The number of aromatic nitrogens is 4. The highest BCUT2D eigenvalue weighted by Gasteiger charge is 2.25. The third-order valence-electron chi connectivity index (χ3n) is 10.3. The van der Waals surface area contributed by atoms with Gasteiger partial charge in [0.2, 0.25) is 0 Å². The van der Waals surface area contributed by atoms with Gasteiger partial charge in [0.15, 0.2) is 17.5 Å². The van der Waals surface area contributed by atoms with Crippen LogP contribution < -0.4 is 0 Å². The van der Waals surface area contributed by atoms with Gasteiger partial charge in [0, 0.05) is 44.7 Å². The molecular weight excluding hydrogens is 625 g/mol. The van der Waals surface area contributed by atoms with Crippen LogP contribution in [-0.4, -0.2) is 19.5 Å². The molecule has 51 heavy (non-hydrogen) atoms. The molecule has 7 aromatic carbocycles. The van der Waals surface area contributed by atoms with Crippen LogP contribution >= 0.6 is 0 Å². The minimum atomic E-state index is 0.628. The van der Waals surface area contributed by atoms with Crippen LogP contribution in [-0.2, 0) is 6.42 Å². The Morgan fingerprint density at radius 2 is 1.02 bits per heavy atom. The van der Waals surface area contributed by atoms with Gasteiger partial charge in [-0.1, -0.05) is 109 Å². The second-order valence-corrected chi connectivity index (χ2v) is 13.2. The van der Waals surface area contributed by atoms with Crippen molar-refractivity contribution in [2.75, 3.05) is 0 Å². The van der Waals surface area contributed by atoms with Crippen molar-refractivity contribution >= 4 is 43.7 Å². The van der Waals surface area contributed by atoms with Gasteiger partial charge in [-0.3, -0.25) is 0 Å². The monoisotopic (exact) mass is 652 g/mol. The third kappa shape index (κ3) is 4.31. The Hall–Kier alpha value is -6.85. The zero-order valence-corrected chi connectivity index (χ0v) is 27.4. The molecule has 238 valence electrons. The fraction of sp³-hybridized carbons (Fsp3) is 0.0217. The van der Waals surface area contributed by atoms with E-state index < -0.39 is 0 Å². The summed E-state index contributed by atoms with van der Waals surface area (Å²) in [6.07, 6.45) is 0.846. The highest BCUT2D eigenvalue weighted by Crippen LogP contribution is 2.45. The van der Waals surface area contributed by atoms with Gasteiger partial charge in [-0.05, 0) is 70.8 Å². The summed E-state index contributed by atoms with van der Waals surface area (Å²) in [4.78, 5) is 14.8. The van der Waals surface area contributed by atoms with Crippen molar-refractivity contribution in [2.24, 2.45) is 0 Å². The number of nitrogens with zero attached hydrogens (tertiary/aromatic N) is 4. The topological polar surface area (TPSA) is 56.7 Å². The molecule has 1 aliphatic rings. The molecule has 3 aromatic heterocycles. The van der Waals surface area contributed by atoms with Crippen LogP contribution in [0.5, 0.6) is 0 Å². The highest BCUT2D eigenvalue weighted by molar-refractivity contribution is 6.10. The largest absolute Gasteiger partial charge is 0.456 e. The molecule has 11 rings (SSSR count).